The van der Waals surface area contributed by atoms with E-state index < -0.39 is 12.6 Å². The number of hydrogen-bond donors (Lipinski definition) is 0. The molecule has 0 N–H and O–H groups in total. The molecule has 0 unspecified atom stereocenters. The lowest BCUT2D eigenvalue weighted by Gasteiger charge is -2.10. The Hall–Kier alpha value is -0.930. The third kappa shape index (κ3) is 3.98. The van der Waals surface area contributed by atoms with E-state index in [0.717, 1.165) is 11.4 Å². The zero-order valence-corrected chi connectivity index (χ0v) is 9.06. The van der Waals surface area contributed by atoms with E-state index in [2.05, 4.69) is 4.57 Å². The molecule has 0 saturated carbocycles. The van der Waals surface area contributed by atoms with Crippen LogP contribution in [0, 0.1) is 13.8 Å². The van der Waals surface area contributed by atoms with E-state index in [4.69, 9.17) is 0 Å². The fourth-order valence-electron chi connectivity index (χ4n) is 1.65. The maximum absolute atomic E-state index is 11.9. The number of aryl methyl sites for hydroxylation is 2. The molecule has 0 aromatic carbocycles. The van der Waals surface area contributed by atoms with Crippen LogP contribution in [-0.4, -0.2) is 10.7 Å². The minimum Gasteiger partial charge on any atom is -0.349 e. The standard InChI is InChI=1S/C11H16F3N/c1-9-5-6-10(2)15(9)8-4-3-7-11(12,13)14/h5-6H,3-4,7-8H2,1-2H3. The highest BCUT2D eigenvalue weighted by molar-refractivity contribution is 5.13. The minimum atomic E-state index is -4.01. The first kappa shape index (κ1) is 12.1. The van der Waals surface area contributed by atoms with Crippen molar-refractivity contribution in [2.24, 2.45) is 0 Å². The van der Waals surface area contributed by atoms with Gasteiger partial charge in [0.15, 0.2) is 0 Å². The van der Waals surface area contributed by atoms with Gasteiger partial charge in [0.2, 0.25) is 0 Å². The second kappa shape index (κ2) is 4.73. The molecule has 0 bridgehead atoms. The molecule has 4 heteroatoms. The van der Waals surface area contributed by atoms with Gasteiger partial charge in [0, 0.05) is 24.4 Å². The quantitative estimate of drug-likeness (QED) is 0.678. The number of aromatic nitrogens is 1. The van der Waals surface area contributed by atoms with Gasteiger partial charge in [-0.05, 0) is 38.8 Å². The molecule has 0 radical (unpaired) electrons. The summed E-state index contributed by atoms with van der Waals surface area (Å²) in [7, 11) is 0. The van der Waals surface area contributed by atoms with Gasteiger partial charge in [-0.3, -0.25) is 0 Å². The number of nitrogens with zero attached hydrogens (tertiary/aromatic N) is 1. The van der Waals surface area contributed by atoms with Crippen LogP contribution in [0.3, 0.4) is 0 Å². The summed E-state index contributed by atoms with van der Waals surface area (Å²) >= 11 is 0. The summed E-state index contributed by atoms with van der Waals surface area (Å²) in [6.07, 6.45) is -3.90. The lowest BCUT2D eigenvalue weighted by molar-refractivity contribution is -0.135. The van der Waals surface area contributed by atoms with Crippen LogP contribution in [0.5, 0.6) is 0 Å². The summed E-state index contributed by atoms with van der Waals surface area (Å²) in [6, 6.07) is 3.97. The van der Waals surface area contributed by atoms with Crippen LogP contribution in [0.15, 0.2) is 12.1 Å². The van der Waals surface area contributed by atoms with Gasteiger partial charge < -0.3 is 4.57 Å². The second-order valence-electron chi connectivity index (χ2n) is 3.84. The summed E-state index contributed by atoms with van der Waals surface area (Å²) < 4.78 is 37.7. The highest BCUT2D eigenvalue weighted by atomic mass is 19.4. The number of hydrogen-bond acceptors (Lipinski definition) is 0. The average Bonchev–Trinajstić information content (AvgIpc) is 2.40. The van der Waals surface area contributed by atoms with Gasteiger partial charge in [-0.2, -0.15) is 13.2 Å². The molecule has 15 heavy (non-hydrogen) atoms. The average molecular weight is 219 g/mol. The fourth-order valence-corrected chi connectivity index (χ4v) is 1.65. The van der Waals surface area contributed by atoms with E-state index in [9.17, 15) is 13.2 Å². The monoisotopic (exact) mass is 219 g/mol. The molecule has 0 atom stereocenters. The molecule has 0 aliphatic heterocycles. The third-order valence-corrected chi connectivity index (χ3v) is 2.51. The van der Waals surface area contributed by atoms with Gasteiger partial charge in [0.25, 0.3) is 0 Å². The maximum atomic E-state index is 11.9. The summed E-state index contributed by atoms with van der Waals surface area (Å²) in [6.45, 7) is 4.62. The SMILES string of the molecule is Cc1ccc(C)n1CCCCC(F)(F)F. The first-order valence-corrected chi connectivity index (χ1v) is 5.09. The van der Waals surface area contributed by atoms with Crippen LogP contribution in [-0.2, 0) is 6.54 Å². The van der Waals surface area contributed by atoms with E-state index in [1.807, 2.05) is 26.0 Å². The molecule has 0 aliphatic carbocycles. The molecule has 1 nitrogen and oxygen atoms in total. The van der Waals surface area contributed by atoms with E-state index in [0.29, 0.717) is 13.0 Å². The summed E-state index contributed by atoms with van der Waals surface area (Å²) in [5, 5.41) is 0. The van der Waals surface area contributed by atoms with E-state index >= 15 is 0 Å². The van der Waals surface area contributed by atoms with Gasteiger partial charge >= 0.3 is 6.18 Å². The van der Waals surface area contributed by atoms with Crippen LogP contribution in [0.1, 0.15) is 30.7 Å². The molecule has 0 aliphatic rings. The first-order valence-electron chi connectivity index (χ1n) is 5.09. The van der Waals surface area contributed by atoms with Gasteiger partial charge in [-0.1, -0.05) is 0 Å². The van der Waals surface area contributed by atoms with Gasteiger partial charge in [-0.25, -0.2) is 0 Å². The second-order valence-corrected chi connectivity index (χ2v) is 3.84. The van der Waals surface area contributed by atoms with E-state index in [1.54, 1.807) is 0 Å². The van der Waals surface area contributed by atoms with Gasteiger partial charge in [0.05, 0.1) is 0 Å². The fraction of sp³-hybridized carbons (Fsp3) is 0.636. The lowest BCUT2D eigenvalue weighted by Crippen LogP contribution is -2.08. The van der Waals surface area contributed by atoms with Crippen LogP contribution in [0.2, 0.25) is 0 Å². The van der Waals surface area contributed by atoms with Crippen molar-refractivity contribution in [3.8, 4) is 0 Å². The van der Waals surface area contributed by atoms with E-state index in [-0.39, 0.29) is 6.42 Å². The number of unbranched alkanes of at least 4 members (excludes halogenated alkanes) is 1. The first-order chi connectivity index (χ1) is 6.90. The number of alkyl halides is 3. The Morgan fingerprint density at radius 3 is 2.07 bits per heavy atom. The Balaban J connectivity index is 2.32. The molecule has 0 amide bonds. The molecule has 0 fully saturated rings. The van der Waals surface area contributed by atoms with Crippen LogP contribution in [0.25, 0.3) is 0 Å². The van der Waals surface area contributed by atoms with Crippen LogP contribution in [0.4, 0.5) is 13.2 Å². The highest BCUT2D eigenvalue weighted by Gasteiger charge is 2.25. The Bertz CT molecular complexity index is 293. The molecular weight excluding hydrogens is 203 g/mol. The lowest BCUT2D eigenvalue weighted by atomic mass is 10.2. The molecule has 1 aromatic heterocycles. The number of halogens is 3. The highest BCUT2D eigenvalue weighted by Crippen LogP contribution is 2.22. The Kier molecular flexibility index (Phi) is 3.83. The van der Waals surface area contributed by atoms with Crippen molar-refractivity contribution in [1.29, 1.82) is 0 Å². The van der Waals surface area contributed by atoms with Crippen LogP contribution >= 0.6 is 0 Å². The molecular formula is C11H16F3N. The predicted octanol–water partition coefficient (Wildman–Crippen LogP) is 3.84. The van der Waals surface area contributed by atoms with Crippen molar-refractivity contribution in [2.45, 2.75) is 45.8 Å². The minimum absolute atomic E-state index is 0.209. The Morgan fingerprint density at radius 1 is 1.07 bits per heavy atom. The van der Waals surface area contributed by atoms with Crippen molar-refractivity contribution in [3.63, 3.8) is 0 Å². The normalized spacial score (nSPS) is 12.1. The van der Waals surface area contributed by atoms with Gasteiger partial charge in [0.1, 0.15) is 0 Å². The zero-order chi connectivity index (χ0) is 11.5. The summed E-state index contributed by atoms with van der Waals surface area (Å²) in [5.41, 5.74) is 2.22. The van der Waals surface area contributed by atoms with Crippen molar-refractivity contribution in [1.82, 2.24) is 4.57 Å². The molecule has 1 heterocycles. The summed E-state index contributed by atoms with van der Waals surface area (Å²) in [5.74, 6) is 0. The van der Waals surface area contributed by atoms with Crippen molar-refractivity contribution in [3.05, 3.63) is 23.5 Å². The van der Waals surface area contributed by atoms with E-state index in [1.165, 1.54) is 0 Å². The van der Waals surface area contributed by atoms with Gasteiger partial charge in [-0.15, -0.1) is 0 Å². The molecule has 1 rings (SSSR count). The maximum Gasteiger partial charge on any atom is 0.389 e. The van der Waals surface area contributed by atoms with Crippen molar-refractivity contribution < 1.29 is 13.2 Å². The number of rotatable bonds is 4. The molecule has 0 saturated heterocycles. The third-order valence-electron chi connectivity index (χ3n) is 2.51. The molecule has 1 aromatic rings. The van der Waals surface area contributed by atoms with Crippen molar-refractivity contribution >= 4 is 0 Å². The smallest absolute Gasteiger partial charge is 0.349 e. The molecule has 0 spiro atoms. The molecule has 86 valence electrons. The largest absolute Gasteiger partial charge is 0.389 e. The Labute approximate surface area is 87.9 Å². The van der Waals surface area contributed by atoms with Crippen molar-refractivity contribution in [2.75, 3.05) is 0 Å². The summed E-state index contributed by atoms with van der Waals surface area (Å²) in [4.78, 5) is 0. The van der Waals surface area contributed by atoms with Crippen LogP contribution < -0.4 is 0 Å². The predicted molar refractivity (Wildman–Crippen MR) is 53.8 cm³/mol. The Morgan fingerprint density at radius 2 is 1.60 bits per heavy atom. The topological polar surface area (TPSA) is 4.93 Å². The zero-order valence-electron chi connectivity index (χ0n) is 9.06.